The van der Waals surface area contributed by atoms with Gasteiger partial charge >= 0.3 is 5.97 Å². The van der Waals surface area contributed by atoms with E-state index in [2.05, 4.69) is 36.4 Å². The molecule has 0 saturated carbocycles. The standard InChI is InChI=1S/C38H42BrCl2N5O5/c39-37-26(7-5-9-30(37)29-8-6-10-33(31(29)18-42)44-11-1-2-12-46-13-3-4-14-46)24-51-36-17-35(50-23-25-15-28(40)21-43-19-25)27(16-32(36)41)20-45-34(22-47)38(48)49/h5-10,15-19,21,34,42,44-45,47H,1-4,11-14,20,22-24H2,(H,48,49). The molecule has 4 aromatic rings. The number of unbranched alkanes of at least 4 members (excludes halogenated alkanes) is 1. The number of hydrogen-bond acceptors (Lipinski definition) is 9. The van der Waals surface area contributed by atoms with Crippen LogP contribution in [0.3, 0.4) is 0 Å². The van der Waals surface area contributed by atoms with E-state index >= 15 is 0 Å². The zero-order valence-corrected chi connectivity index (χ0v) is 31.2. The molecule has 1 aromatic heterocycles. The Bertz CT molecular complexity index is 1810. The highest BCUT2D eigenvalue weighted by Gasteiger charge is 2.19. The van der Waals surface area contributed by atoms with E-state index in [1.807, 2.05) is 36.4 Å². The predicted molar refractivity (Wildman–Crippen MR) is 206 cm³/mol. The summed E-state index contributed by atoms with van der Waals surface area (Å²) in [5, 5.41) is 34.3. The van der Waals surface area contributed by atoms with Crippen molar-refractivity contribution < 1.29 is 24.5 Å². The molecule has 1 aliphatic rings. The third-order valence-corrected chi connectivity index (χ3v) is 10.1. The fourth-order valence-corrected chi connectivity index (χ4v) is 7.00. The maximum absolute atomic E-state index is 11.5. The minimum atomic E-state index is -1.18. The molecule has 1 fully saturated rings. The molecule has 0 aliphatic carbocycles. The first-order chi connectivity index (χ1) is 24.8. The van der Waals surface area contributed by atoms with Crippen molar-refractivity contribution in [1.82, 2.24) is 15.2 Å². The van der Waals surface area contributed by atoms with Crippen LogP contribution in [0.15, 0.2) is 71.5 Å². The minimum Gasteiger partial charge on any atom is -0.488 e. The van der Waals surface area contributed by atoms with Crippen LogP contribution in [0.5, 0.6) is 11.5 Å². The number of carboxylic acids is 1. The topological polar surface area (TPSA) is 140 Å². The Morgan fingerprint density at radius 2 is 1.76 bits per heavy atom. The summed E-state index contributed by atoms with van der Waals surface area (Å²) in [5.41, 5.74) is 5.76. The Labute approximate surface area is 316 Å². The van der Waals surface area contributed by atoms with E-state index < -0.39 is 18.6 Å². The van der Waals surface area contributed by atoms with Crippen LogP contribution in [-0.2, 0) is 24.6 Å². The second-order valence-electron chi connectivity index (χ2n) is 12.3. The first-order valence-electron chi connectivity index (χ1n) is 16.9. The van der Waals surface area contributed by atoms with Gasteiger partial charge < -0.3 is 35.3 Å². The van der Waals surface area contributed by atoms with Gasteiger partial charge in [-0.15, -0.1) is 0 Å². The molecule has 270 valence electrons. The SMILES string of the molecule is N=Cc1c(NCCCCN2CCCC2)cccc1-c1cccc(COc2cc(OCc3cncc(Cl)c3)c(CNC(CO)C(=O)O)cc2Cl)c1Br. The number of hydrogen-bond donors (Lipinski definition) is 5. The molecule has 1 unspecified atom stereocenters. The summed E-state index contributed by atoms with van der Waals surface area (Å²) in [5.74, 6) is -0.402. The zero-order chi connectivity index (χ0) is 36.2. The smallest absolute Gasteiger partial charge is 0.323 e. The molecule has 5 rings (SSSR count). The molecule has 0 radical (unpaired) electrons. The molecule has 1 aliphatic heterocycles. The Balaban J connectivity index is 1.31. The third kappa shape index (κ3) is 10.7. The molecule has 1 saturated heterocycles. The highest BCUT2D eigenvalue weighted by atomic mass is 79.9. The van der Waals surface area contributed by atoms with Gasteiger partial charge in [-0.25, -0.2) is 0 Å². The molecule has 0 spiro atoms. The van der Waals surface area contributed by atoms with Crippen molar-refractivity contribution in [2.75, 3.05) is 38.1 Å². The van der Waals surface area contributed by atoms with Crippen molar-refractivity contribution in [2.24, 2.45) is 0 Å². The maximum atomic E-state index is 11.5. The lowest BCUT2D eigenvalue weighted by atomic mass is 9.97. The molecule has 0 amide bonds. The number of carboxylic acid groups (broad SMARTS) is 1. The molecule has 51 heavy (non-hydrogen) atoms. The Hall–Kier alpha value is -3.71. The predicted octanol–water partition coefficient (Wildman–Crippen LogP) is 7.80. The summed E-state index contributed by atoms with van der Waals surface area (Å²) >= 11 is 16.6. The van der Waals surface area contributed by atoms with E-state index in [0.29, 0.717) is 27.1 Å². The van der Waals surface area contributed by atoms with Gasteiger partial charge in [0.05, 0.1) is 16.7 Å². The Kier molecular flexibility index (Phi) is 14.5. The number of benzene rings is 3. The van der Waals surface area contributed by atoms with Gasteiger partial charge in [0, 0.05) is 70.2 Å². The number of aromatic nitrogens is 1. The summed E-state index contributed by atoms with van der Waals surface area (Å²) in [6.07, 6.45) is 9.38. The maximum Gasteiger partial charge on any atom is 0.323 e. The van der Waals surface area contributed by atoms with Crippen molar-refractivity contribution in [3.63, 3.8) is 0 Å². The molecule has 0 bridgehead atoms. The van der Waals surface area contributed by atoms with Gasteiger partial charge in [-0.3, -0.25) is 15.1 Å². The number of carbonyl (C=O) groups is 1. The Morgan fingerprint density at radius 1 is 1.00 bits per heavy atom. The molecular weight excluding hydrogens is 757 g/mol. The molecule has 3 aromatic carbocycles. The van der Waals surface area contributed by atoms with E-state index in [1.165, 1.54) is 38.3 Å². The lowest BCUT2D eigenvalue weighted by Crippen LogP contribution is -2.39. The minimum absolute atomic E-state index is 0.0656. The summed E-state index contributed by atoms with van der Waals surface area (Å²) in [7, 11) is 0. The van der Waals surface area contributed by atoms with Crippen LogP contribution in [0.4, 0.5) is 5.69 Å². The van der Waals surface area contributed by atoms with Crippen molar-refractivity contribution in [2.45, 2.75) is 51.5 Å². The van der Waals surface area contributed by atoms with Gasteiger partial charge in [-0.1, -0.05) is 53.5 Å². The number of aliphatic hydroxyl groups excluding tert-OH is 1. The fraction of sp³-hybridized carbons (Fsp3) is 0.342. The lowest BCUT2D eigenvalue weighted by Gasteiger charge is -2.19. The fourth-order valence-electron chi connectivity index (χ4n) is 5.97. The number of aliphatic carboxylic acids is 1. The number of rotatable bonds is 19. The molecule has 13 heteroatoms. The molecular formula is C38H42BrCl2N5O5. The Morgan fingerprint density at radius 3 is 2.51 bits per heavy atom. The van der Waals surface area contributed by atoms with Crippen molar-refractivity contribution in [3.8, 4) is 22.6 Å². The van der Waals surface area contributed by atoms with E-state index in [-0.39, 0.29) is 19.8 Å². The largest absolute Gasteiger partial charge is 0.488 e. The molecule has 5 N–H and O–H groups in total. The van der Waals surface area contributed by atoms with Crippen molar-refractivity contribution in [3.05, 3.63) is 104 Å². The number of pyridine rings is 1. The van der Waals surface area contributed by atoms with Crippen LogP contribution in [0, 0.1) is 5.41 Å². The molecule has 1 atom stereocenters. The number of anilines is 1. The average Bonchev–Trinajstić information content (AvgIpc) is 3.65. The number of nitrogens with zero attached hydrogens (tertiary/aromatic N) is 2. The molecule has 2 heterocycles. The van der Waals surface area contributed by atoms with Crippen LogP contribution in [-0.4, -0.2) is 71.1 Å². The number of nitrogens with one attached hydrogen (secondary N) is 3. The number of aliphatic hydroxyl groups is 1. The summed E-state index contributed by atoms with van der Waals surface area (Å²) in [6.45, 7) is 4.20. The number of ether oxygens (including phenoxy) is 2. The average molecular weight is 800 g/mol. The van der Waals surface area contributed by atoms with Gasteiger partial charge in [-0.05, 0) is 90.6 Å². The van der Waals surface area contributed by atoms with Gasteiger partial charge in [0.25, 0.3) is 0 Å². The van der Waals surface area contributed by atoms with Crippen molar-refractivity contribution >= 4 is 57.0 Å². The lowest BCUT2D eigenvalue weighted by molar-refractivity contribution is -0.140. The summed E-state index contributed by atoms with van der Waals surface area (Å²) in [6, 6.07) is 15.8. The summed E-state index contributed by atoms with van der Waals surface area (Å²) in [4.78, 5) is 18.1. The van der Waals surface area contributed by atoms with Crippen LogP contribution in [0.2, 0.25) is 10.0 Å². The van der Waals surface area contributed by atoms with E-state index in [0.717, 1.165) is 63.9 Å². The quantitative estimate of drug-likeness (QED) is 0.0475. The molecule has 10 nitrogen and oxygen atoms in total. The first-order valence-corrected chi connectivity index (χ1v) is 18.4. The summed E-state index contributed by atoms with van der Waals surface area (Å²) < 4.78 is 13.2. The van der Waals surface area contributed by atoms with E-state index in [9.17, 15) is 15.0 Å². The van der Waals surface area contributed by atoms with Crippen LogP contribution in [0.25, 0.3) is 11.1 Å². The first kappa shape index (κ1) is 38.5. The van der Waals surface area contributed by atoms with Gasteiger partial charge in [0.2, 0.25) is 0 Å². The van der Waals surface area contributed by atoms with Gasteiger partial charge in [-0.2, -0.15) is 0 Å². The van der Waals surface area contributed by atoms with Gasteiger partial charge in [0.1, 0.15) is 30.8 Å². The highest BCUT2D eigenvalue weighted by Crippen LogP contribution is 2.38. The van der Waals surface area contributed by atoms with E-state index in [4.69, 9.17) is 38.1 Å². The highest BCUT2D eigenvalue weighted by molar-refractivity contribution is 9.10. The second-order valence-corrected chi connectivity index (χ2v) is 13.9. The second kappa shape index (κ2) is 19.2. The van der Waals surface area contributed by atoms with Crippen LogP contribution >= 0.6 is 39.1 Å². The number of likely N-dealkylation sites (tertiary alicyclic amines) is 1. The number of halogens is 3. The van der Waals surface area contributed by atoms with Crippen molar-refractivity contribution in [1.29, 1.82) is 5.41 Å². The van der Waals surface area contributed by atoms with Crippen LogP contribution in [0.1, 0.15) is 47.9 Å². The van der Waals surface area contributed by atoms with Gasteiger partial charge in [0.15, 0.2) is 0 Å². The van der Waals surface area contributed by atoms with Crippen LogP contribution < -0.4 is 20.1 Å². The normalized spacial score (nSPS) is 13.6. The zero-order valence-electron chi connectivity index (χ0n) is 28.1. The van der Waals surface area contributed by atoms with E-state index in [1.54, 1.807) is 24.4 Å². The third-order valence-electron chi connectivity index (χ3n) is 8.71. The monoisotopic (exact) mass is 797 g/mol.